The Morgan fingerprint density at radius 1 is 1.07 bits per heavy atom. The second-order valence-electron chi connectivity index (χ2n) is 7.05. The van der Waals surface area contributed by atoms with E-state index in [1.807, 2.05) is 6.07 Å². The zero-order chi connectivity index (χ0) is 20.5. The number of benzene rings is 1. The number of quaternary nitrogens is 1. The van der Waals surface area contributed by atoms with Crippen LogP contribution in [0.15, 0.2) is 46.4 Å². The molecule has 1 aromatic heterocycles. The van der Waals surface area contributed by atoms with E-state index in [9.17, 15) is 14.4 Å². The van der Waals surface area contributed by atoms with Crippen LogP contribution in [0, 0.1) is 0 Å². The van der Waals surface area contributed by atoms with E-state index in [0.717, 1.165) is 31.1 Å². The van der Waals surface area contributed by atoms with Crippen molar-refractivity contribution in [2.75, 3.05) is 43.0 Å². The average molecular weight is 416 g/mol. The van der Waals surface area contributed by atoms with Crippen molar-refractivity contribution in [3.8, 4) is 0 Å². The lowest BCUT2D eigenvalue weighted by Crippen LogP contribution is -3.12. The minimum atomic E-state index is -0.806. The Labute approximate surface area is 172 Å². The van der Waals surface area contributed by atoms with Crippen LogP contribution in [-0.4, -0.2) is 51.1 Å². The zero-order valence-electron chi connectivity index (χ0n) is 15.8. The molecule has 0 spiro atoms. The lowest BCUT2D eigenvalue weighted by molar-refractivity contribution is -0.880. The summed E-state index contributed by atoms with van der Waals surface area (Å²) in [4.78, 5) is 41.8. The quantitative estimate of drug-likeness (QED) is 0.575. The van der Waals surface area contributed by atoms with Crippen molar-refractivity contribution in [3.63, 3.8) is 0 Å². The van der Waals surface area contributed by atoms with E-state index < -0.39 is 17.8 Å². The first-order valence-electron chi connectivity index (χ1n) is 9.25. The van der Waals surface area contributed by atoms with Gasteiger partial charge in [0, 0.05) is 11.1 Å². The van der Waals surface area contributed by atoms with Crippen molar-refractivity contribution in [1.82, 2.24) is 5.32 Å². The van der Waals surface area contributed by atoms with Crippen LogP contribution in [0.25, 0.3) is 6.08 Å². The average Bonchev–Trinajstić information content (AvgIpc) is 3.16. The molecule has 1 aromatic carbocycles. The van der Waals surface area contributed by atoms with Crippen LogP contribution in [0.2, 0.25) is 5.02 Å². The van der Waals surface area contributed by atoms with Crippen LogP contribution in [0.1, 0.15) is 5.76 Å². The van der Waals surface area contributed by atoms with E-state index in [1.165, 1.54) is 23.1 Å². The highest BCUT2D eigenvalue weighted by Crippen LogP contribution is 2.25. The molecule has 150 valence electrons. The van der Waals surface area contributed by atoms with Gasteiger partial charge < -0.3 is 14.2 Å². The van der Waals surface area contributed by atoms with Gasteiger partial charge in [-0.25, -0.2) is 9.69 Å². The van der Waals surface area contributed by atoms with Crippen molar-refractivity contribution in [3.05, 3.63) is 52.8 Å². The van der Waals surface area contributed by atoms with Gasteiger partial charge in [-0.15, -0.1) is 0 Å². The van der Waals surface area contributed by atoms with Crippen molar-refractivity contribution in [1.29, 1.82) is 0 Å². The van der Waals surface area contributed by atoms with Gasteiger partial charge in [-0.05, 0) is 36.4 Å². The molecule has 2 saturated heterocycles. The minimum absolute atomic E-state index is 0.178. The van der Waals surface area contributed by atoms with E-state index in [4.69, 9.17) is 16.0 Å². The van der Waals surface area contributed by atoms with Crippen molar-refractivity contribution >= 4 is 47.1 Å². The molecular formula is C20H20ClN4O4+. The Hall–Kier alpha value is -3.10. The molecule has 2 aliphatic heterocycles. The first kappa shape index (κ1) is 19.2. The standard InChI is InChI=1S/C20H19ClN4O4/c1-23-8-10-24(11-9-23)17-7-6-15(29-17)12-16-18(26)22-20(28)25(19(16)27)14-4-2-13(21)3-5-14/h2-7,12H,8-11H2,1H3,(H,22,26,28)/p+1/b16-12-. The number of carbonyl (C=O) groups is 3. The third-order valence-corrected chi connectivity index (χ3v) is 5.27. The summed E-state index contributed by atoms with van der Waals surface area (Å²) < 4.78 is 5.83. The van der Waals surface area contributed by atoms with E-state index >= 15 is 0 Å². The number of imide groups is 2. The predicted molar refractivity (Wildman–Crippen MR) is 108 cm³/mol. The Kier molecular flexibility index (Phi) is 5.12. The number of anilines is 2. The number of furan rings is 1. The fraction of sp³-hybridized carbons (Fsp3) is 0.250. The number of likely N-dealkylation sites (N-methyl/N-ethyl adjacent to an activating group) is 1. The molecule has 29 heavy (non-hydrogen) atoms. The van der Waals surface area contributed by atoms with Crippen LogP contribution in [0.5, 0.6) is 0 Å². The van der Waals surface area contributed by atoms with Gasteiger partial charge in [0.25, 0.3) is 11.8 Å². The van der Waals surface area contributed by atoms with Gasteiger partial charge in [0.15, 0.2) is 5.88 Å². The number of piperazine rings is 1. The highest BCUT2D eigenvalue weighted by Gasteiger charge is 2.37. The van der Waals surface area contributed by atoms with Gasteiger partial charge >= 0.3 is 6.03 Å². The number of nitrogens with one attached hydrogen (secondary N) is 2. The van der Waals surface area contributed by atoms with Crippen LogP contribution in [0.3, 0.4) is 0 Å². The molecular weight excluding hydrogens is 396 g/mol. The molecule has 2 aliphatic rings. The summed E-state index contributed by atoms with van der Waals surface area (Å²) in [5, 5.41) is 2.66. The molecule has 0 aliphatic carbocycles. The number of hydrogen-bond acceptors (Lipinski definition) is 5. The van der Waals surface area contributed by atoms with Crippen molar-refractivity contribution < 1.29 is 23.7 Å². The molecule has 4 amide bonds. The molecule has 8 nitrogen and oxygen atoms in total. The van der Waals surface area contributed by atoms with Crippen LogP contribution >= 0.6 is 11.6 Å². The van der Waals surface area contributed by atoms with Gasteiger partial charge in [0.1, 0.15) is 11.3 Å². The van der Waals surface area contributed by atoms with E-state index in [1.54, 1.807) is 18.2 Å². The lowest BCUT2D eigenvalue weighted by atomic mass is 10.1. The molecule has 2 fully saturated rings. The van der Waals surface area contributed by atoms with Gasteiger partial charge in [-0.1, -0.05) is 11.6 Å². The van der Waals surface area contributed by atoms with E-state index in [0.29, 0.717) is 22.4 Å². The number of carbonyl (C=O) groups excluding carboxylic acids is 3. The SMILES string of the molecule is C[NH+]1CCN(c2ccc(/C=C3/C(=O)NC(=O)N(c4ccc(Cl)cc4)C3=O)o2)CC1. The number of urea groups is 1. The monoisotopic (exact) mass is 415 g/mol. The minimum Gasteiger partial charge on any atom is -0.441 e. The highest BCUT2D eigenvalue weighted by molar-refractivity contribution is 6.39. The van der Waals surface area contributed by atoms with Crippen LogP contribution in [-0.2, 0) is 9.59 Å². The third-order valence-electron chi connectivity index (χ3n) is 5.01. The van der Waals surface area contributed by atoms with Crippen molar-refractivity contribution in [2.24, 2.45) is 0 Å². The van der Waals surface area contributed by atoms with Gasteiger partial charge in [-0.3, -0.25) is 14.9 Å². The normalized spacial score (nSPS) is 19.8. The summed E-state index contributed by atoms with van der Waals surface area (Å²) in [5.41, 5.74) is 0.138. The Bertz CT molecular complexity index is 990. The molecule has 2 N–H and O–H groups in total. The molecule has 0 atom stereocenters. The second kappa shape index (κ2) is 7.73. The fourth-order valence-electron chi connectivity index (χ4n) is 3.32. The molecule has 0 radical (unpaired) electrons. The van der Waals surface area contributed by atoms with Gasteiger partial charge in [0.05, 0.1) is 38.9 Å². The number of barbiturate groups is 1. The smallest absolute Gasteiger partial charge is 0.335 e. The fourth-order valence-corrected chi connectivity index (χ4v) is 3.45. The number of hydrogen-bond donors (Lipinski definition) is 2. The summed E-state index contributed by atoms with van der Waals surface area (Å²) >= 11 is 5.87. The maximum atomic E-state index is 12.9. The number of rotatable bonds is 3. The summed E-state index contributed by atoms with van der Waals surface area (Å²) in [7, 11) is 2.15. The third kappa shape index (κ3) is 3.90. The zero-order valence-corrected chi connectivity index (χ0v) is 16.5. The Balaban J connectivity index is 1.59. The maximum absolute atomic E-state index is 12.9. The van der Waals surface area contributed by atoms with Gasteiger partial charge in [0.2, 0.25) is 0 Å². The topological polar surface area (TPSA) is 87.3 Å². The number of halogens is 1. The summed E-state index contributed by atoms with van der Waals surface area (Å²) in [6.45, 7) is 3.76. The first-order valence-corrected chi connectivity index (χ1v) is 9.63. The Morgan fingerprint density at radius 2 is 1.76 bits per heavy atom. The highest BCUT2D eigenvalue weighted by atomic mass is 35.5. The van der Waals surface area contributed by atoms with Crippen LogP contribution in [0.4, 0.5) is 16.4 Å². The molecule has 0 unspecified atom stereocenters. The molecule has 3 heterocycles. The van der Waals surface area contributed by atoms with E-state index in [2.05, 4.69) is 17.3 Å². The maximum Gasteiger partial charge on any atom is 0.335 e. The molecule has 4 rings (SSSR count). The number of nitrogens with zero attached hydrogens (tertiary/aromatic N) is 2. The number of amides is 4. The van der Waals surface area contributed by atoms with E-state index in [-0.39, 0.29) is 5.57 Å². The largest absolute Gasteiger partial charge is 0.441 e. The summed E-state index contributed by atoms with van der Waals surface area (Å²) in [6.07, 6.45) is 1.36. The molecule has 0 bridgehead atoms. The Morgan fingerprint density at radius 3 is 2.45 bits per heavy atom. The first-order chi connectivity index (χ1) is 13.9. The molecule has 9 heteroatoms. The molecule has 2 aromatic rings. The van der Waals surface area contributed by atoms with Crippen LogP contribution < -0.4 is 20.0 Å². The van der Waals surface area contributed by atoms with Gasteiger partial charge in [-0.2, -0.15) is 0 Å². The predicted octanol–water partition coefficient (Wildman–Crippen LogP) is 0.934. The summed E-state index contributed by atoms with van der Waals surface area (Å²) in [6, 6.07) is 8.92. The summed E-state index contributed by atoms with van der Waals surface area (Å²) in [5.74, 6) is -0.414. The lowest BCUT2D eigenvalue weighted by Gasteiger charge is -2.29. The molecule has 0 saturated carbocycles. The second-order valence-corrected chi connectivity index (χ2v) is 7.49. The van der Waals surface area contributed by atoms with Crippen molar-refractivity contribution in [2.45, 2.75) is 0 Å².